The van der Waals surface area contributed by atoms with E-state index in [9.17, 15) is 18.0 Å². The Balaban J connectivity index is 1.60. The monoisotopic (exact) mass is 392 g/mol. The lowest BCUT2D eigenvalue weighted by Gasteiger charge is -2.40. The Morgan fingerprint density at radius 3 is 2.11 bits per heavy atom. The van der Waals surface area contributed by atoms with Crippen molar-refractivity contribution in [1.82, 2.24) is 9.21 Å². The first-order chi connectivity index (χ1) is 12.8. The van der Waals surface area contributed by atoms with E-state index in [0.29, 0.717) is 18.6 Å². The SMILES string of the molecule is COc1ccc(S(=O)(=O)N2C3CCC2CC(N2C(=O)CCC2=O)C3)cc1C. The fourth-order valence-corrected chi connectivity index (χ4v) is 6.82. The van der Waals surface area contributed by atoms with E-state index in [2.05, 4.69) is 0 Å². The van der Waals surface area contributed by atoms with Gasteiger partial charge in [0, 0.05) is 31.0 Å². The summed E-state index contributed by atoms with van der Waals surface area (Å²) in [5, 5.41) is 0. The number of aryl methyl sites for hydroxylation is 1. The average Bonchev–Trinajstić information content (AvgIpc) is 3.11. The second kappa shape index (κ2) is 6.60. The van der Waals surface area contributed by atoms with Gasteiger partial charge >= 0.3 is 0 Å². The van der Waals surface area contributed by atoms with E-state index in [0.717, 1.165) is 18.4 Å². The van der Waals surface area contributed by atoms with Crippen molar-refractivity contribution in [3.8, 4) is 5.75 Å². The van der Waals surface area contributed by atoms with E-state index in [1.54, 1.807) is 29.6 Å². The number of rotatable bonds is 4. The maximum Gasteiger partial charge on any atom is 0.243 e. The number of carbonyl (C=O) groups is 2. The number of carbonyl (C=O) groups excluding carboxylic acids is 2. The molecule has 27 heavy (non-hydrogen) atoms. The Morgan fingerprint density at radius 1 is 1.00 bits per heavy atom. The highest BCUT2D eigenvalue weighted by Gasteiger charge is 2.50. The number of methoxy groups -OCH3 is 1. The molecule has 4 rings (SSSR count). The minimum absolute atomic E-state index is 0.119. The van der Waals surface area contributed by atoms with Gasteiger partial charge in [-0.2, -0.15) is 4.31 Å². The first-order valence-corrected chi connectivity index (χ1v) is 10.8. The molecular weight excluding hydrogens is 368 g/mol. The van der Waals surface area contributed by atoms with Gasteiger partial charge in [-0.15, -0.1) is 0 Å². The molecule has 0 aromatic heterocycles. The van der Waals surface area contributed by atoms with Crippen molar-refractivity contribution in [2.45, 2.75) is 68.5 Å². The third-order valence-electron chi connectivity index (χ3n) is 6.04. The number of piperidine rings is 1. The third-order valence-corrected chi connectivity index (χ3v) is 8.04. The third kappa shape index (κ3) is 2.95. The molecule has 146 valence electrons. The normalized spacial score (nSPS) is 28.8. The molecule has 0 aliphatic carbocycles. The summed E-state index contributed by atoms with van der Waals surface area (Å²) in [7, 11) is -2.07. The predicted molar refractivity (Wildman–Crippen MR) is 97.7 cm³/mol. The zero-order chi connectivity index (χ0) is 19.3. The summed E-state index contributed by atoms with van der Waals surface area (Å²) >= 11 is 0. The molecule has 0 spiro atoms. The molecule has 0 radical (unpaired) electrons. The molecule has 1 aromatic rings. The van der Waals surface area contributed by atoms with Crippen LogP contribution in [0.25, 0.3) is 0 Å². The highest BCUT2D eigenvalue weighted by atomic mass is 32.2. The molecule has 2 unspecified atom stereocenters. The van der Waals surface area contributed by atoms with Crippen molar-refractivity contribution in [3.05, 3.63) is 23.8 Å². The number of likely N-dealkylation sites (tertiary alicyclic amines) is 1. The lowest BCUT2D eigenvalue weighted by molar-refractivity contribution is -0.142. The molecule has 3 saturated heterocycles. The Kier molecular flexibility index (Phi) is 4.50. The second-order valence-corrected chi connectivity index (χ2v) is 9.48. The fraction of sp³-hybridized carbons (Fsp3) is 0.579. The summed E-state index contributed by atoms with van der Waals surface area (Å²) in [6, 6.07) is 4.41. The molecule has 7 nitrogen and oxygen atoms in total. The maximum atomic E-state index is 13.3. The number of fused-ring (bicyclic) bond motifs is 2. The van der Waals surface area contributed by atoms with Crippen molar-refractivity contribution in [2.75, 3.05) is 7.11 Å². The van der Waals surface area contributed by atoms with E-state index >= 15 is 0 Å². The van der Waals surface area contributed by atoms with Gasteiger partial charge in [-0.1, -0.05) is 0 Å². The van der Waals surface area contributed by atoms with Crippen molar-refractivity contribution in [1.29, 1.82) is 0 Å². The van der Waals surface area contributed by atoms with Crippen LogP contribution in [0.15, 0.2) is 23.1 Å². The molecule has 3 aliphatic heterocycles. The zero-order valence-corrected chi connectivity index (χ0v) is 16.4. The summed E-state index contributed by atoms with van der Waals surface area (Å²) in [4.78, 5) is 25.8. The molecular formula is C19H24N2O5S. The standard InChI is InChI=1S/C19H24N2O5S/c1-12-9-16(5-6-17(12)26-2)27(24,25)21-13-3-4-14(21)11-15(10-13)20-18(22)7-8-19(20)23/h5-6,9,13-15H,3-4,7-8,10-11H2,1-2H3. The van der Waals surface area contributed by atoms with Gasteiger partial charge in [0.05, 0.1) is 12.0 Å². The molecule has 3 heterocycles. The number of hydrogen-bond acceptors (Lipinski definition) is 5. The second-order valence-electron chi connectivity index (χ2n) is 7.63. The van der Waals surface area contributed by atoms with Gasteiger partial charge in [-0.25, -0.2) is 8.42 Å². The Bertz CT molecular complexity index is 867. The largest absolute Gasteiger partial charge is 0.496 e. The van der Waals surface area contributed by atoms with Gasteiger partial charge in [-0.3, -0.25) is 14.5 Å². The molecule has 0 saturated carbocycles. The van der Waals surface area contributed by atoms with E-state index in [-0.39, 0.29) is 47.7 Å². The van der Waals surface area contributed by atoms with E-state index < -0.39 is 10.0 Å². The molecule has 3 aliphatic rings. The lowest BCUT2D eigenvalue weighted by Crippen LogP contribution is -2.53. The molecule has 2 bridgehead atoms. The van der Waals surface area contributed by atoms with E-state index in [4.69, 9.17) is 4.74 Å². The van der Waals surface area contributed by atoms with Crippen LogP contribution >= 0.6 is 0 Å². The molecule has 3 fully saturated rings. The van der Waals surface area contributed by atoms with Gasteiger partial charge in [0.2, 0.25) is 21.8 Å². The maximum absolute atomic E-state index is 13.3. The van der Waals surface area contributed by atoms with Crippen LogP contribution in [-0.2, 0) is 19.6 Å². The van der Waals surface area contributed by atoms with Gasteiger partial charge in [0.25, 0.3) is 0 Å². The minimum atomic E-state index is -3.63. The van der Waals surface area contributed by atoms with Gasteiger partial charge in [-0.05, 0) is 56.4 Å². The number of amides is 2. The number of hydrogen-bond donors (Lipinski definition) is 0. The quantitative estimate of drug-likeness (QED) is 0.730. The summed E-state index contributed by atoms with van der Waals surface area (Å²) in [6.07, 6.45) is 3.15. The molecule has 0 N–H and O–H groups in total. The van der Waals surface area contributed by atoms with Crippen LogP contribution in [0.4, 0.5) is 0 Å². The van der Waals surface area contributed by atoms with Crippen LogP contribution in [-0.4, -0.2) is 54.7 Å². The van der Waals surface area contributed by atoms with Crippen LogP contribution in [0, 0.1) is 6.92 Å². The van der Waals surface area contributed by atoms with Crippen molar-refractivity contribution >= 4 is 21.8 Å². The van der Waals surface area contributed by atoms with Crippen molar-refractivity contribution in [3.63, 3.8) is 0 Å². The van der Waals surface area contributed by atoms with E-state index in [1.807, 2.05) is 6.92 Å². The molecule has 2 atom stereocenters. The van der Waals surface area contributed by atoms with Crippen molar-refractivity contribution < 1.29 is 22.7 Å². The van der Waals surface area contributed by atoms with Crippen LogP contribution < -0.4 is 4.74 Å². The summed E-state index contributed by atoms with van der Waals surface area (Å²) in [5.41, 5.74) is 0.772. The topological polar surface area (TPSA) is 84.0 Å². The lowest BCUT2D eigenvalue weighted by atomic mass is 9.98. The van der Waals surface area contributed by atoms with Crippen LogP contribution in [0.2, 0.25) is 0 Å². The number of imide groups is 1. The first-order valence-electron chi connectivity index (χ1n) is 9.36. The number of benzene rings is 1. The van der Waals surface area contributed by atoms with E-state index in [1.165, 1.54) is 4.90 Å². The fourth-order valence-electron chi connectivity index (χ4n) is 4.84. The smallest absolute Gasteiger partial charge is 0.243 e. The molecule has 8 heteroatoms. The first kappa shape index (κ1) is 18.4. The van der Waals surface area contributed by atoms with Gasteiger partial charge in [0.15, 0.2) is 0 Å². The van der Waals surface area contributed by atoms with Crippen molar-refractivity contribution in [2.24, 2.45) is 0 Å². The summed E-state index contributed by atoms with van der Waals surface area (Å²) < 4.78 is 33.4. The molecule has 2 amide bonds. The summed E-state index contributed by atoms with van der Waals surface area (Å²) in [5.74, 6) is 0.416. The van der Waals surface area contributed by atoms with Gasteiger partial charge in [0.1, 0.15) is 5.75 Å². The minimum Gasteiger partial charge on any atom is -0.496 e. The Hall–Kier alpha value is -1.93. The average molecular weight is 392 g/mol. The van der Waals surface area contributed by atoms with Crippen LogP contribution in [0.1, 0.15) is 44.1 Å². The number of sulfonamides is 1. The zero-order valence-electron chi connectivity index (χ0n) is 15.6. The molecule has 1 aromatic carbocycles. The number of nitrogens with zero attached hydrogens (tertiary/aromatic N) is 2. The number of ether oxygens (including phenoxy) is 1. The van der Waals surface area contributed by atoms with Crippen LogP contribution in [0.5, 0.6) is 5.75 Å². The highest BCUT2D eigenvalue weighted by molar-refractivity contribution is 7.89. The predicted octanol–water partition coefficient (Wildman–Crippen LogP) is 1.84. The Labute approximate surface area is 159 Å². The summed E-state index contributed by atoms with van der Waals surface area (Å²) in [6.45, 7) is 1.82. The van der Waals surface area contributed by atoms with Crippen LogP contribution in [0.3, 0.4) is 0 Å². The highest BCUT2D eigenvalue weighted by Crippen LogP contribution is 2.42. The Morgan fingerprint density at radius 2 is 1.59 bits per heavy atom. The van der Waals surface area contributed by atoms with Gasteiger partial charge < -0.3 is 4.74 Å².